The van der Waals surface area contributed by atoms with Crippen LogP contribution < -0.4 is 5.32 Å². The van der Waals surface area contributed by atoms with Gasteiger partial charge in [0.2, 0.25) is 0 Å². The minimum atomic E-state index is -1.26. The highest BCUT2D eigenvalue weighted by Crippen LogP contribution is 2.29. The van der Waals surface area contributed by atoms with Gasteiger partial charge in [-0.15, -0.1) is 0 Å². The molecule has 1 aromatic rings. The largest absolute Gasteiger partial charge is 0.419 e. The third-order valence-corrected chi connectivity index (χ3v) is 3.46. The SMILES string of the molecule is Cc1cc(NC=C2C(=O)OC(C)(C)OC2=O)c(Cl)cc1Cl. The molecule has 0 unspecified atom stereocenters. The van der Waals surface area contributed by atoms with Gasteiger partial charge in [-0.05, 0) is 24.6 Å². The van der Waals surface area contributed by atoms with Gasteiger partial charge < -0.3 is 14.8 Å². The maximum atomic E-state index is 11.8. The van der Waals surface area contributed by atoms with Crippen molar-refractivity contribution in [2.45, 2.75) is 26.6 Å². The number of hydrogen-bond acceptors (Lipinski definition) is 5. The van der Waals surface area contributed by atoms with Crippen molar-refractivity contribution in [1.29, 1.82) is 0 Å². The van der Waals surface area contributed by atoms with Crippen LogP contribution in [0.4, 0.5) is 5.69 Å². The standard InChI is InChI=1S/C14H13Cl2NO4/c1-7-4-11(10(16)5-9(7)15)17-6-8-12(18)20-14(2,3)21-13(8)19/h4-6,17H,1-3H3. The minimum absolute atomic E-state index is 0.238. The fourth-order valence-electron chi connectivity index (χ4n) is 1.70. The molecule has 0 radical (unpaired) electrons. The van der Waals surface area contributed by atoms with E-state index in [1.54, 1.807) is 12.1 Å². The van der Waals surface area contributed by atoms with Crippen LogP contribution in [0.1, 0.15) is 19.4 Å². The molecule has 0 atom stereocenters. The predicted octanol–water partition coefficient (Wildman–Crippen LogP) is 3.43. The van der Waals surface area contributed by atoms with E-state index in [2.05, 4.69) is 5.32 Å². The van der Waals surface area contributed by atoms with Crippen LogP contribution in [-0.4, -0.2) is 17.7 Å². The minimum Gasteiger partial charge on any atom is -0.419 e. The summed E-state index contributed by atoms with van der Waals surface area (Å²) in [5.74, 6) is -2.78. The van der Waals surface area contributed by atoms with Gasteiger partial charge in [-0.3, -0.25) is 0 Å². The van der Waals surface area contributed by atoms with Gasteiger partial charge in [0.15, 0.2) is 5.57 Å². The maximum Gasteiger partial charge on any atom is 0.350 e. The Morgan fingerprint density at radius 1 is 1.10 bits per heavy atom. The van der Waals surface area contributed by atoms with Crippen LogP contribution in [0.2, 0.25) is 10.0 Å². The molecule has 2 rings (SSSR count). The molecular formula is C14H13Cl2NO4. The van der Waals surface area contributed by atoms with Crippen molar-refractivity contribution >= 4 is 40.8 Å². The van der Waals surface area contributed by atoms with E-state index in [1.807, 2.05) is 6.92 Å². The number of carbonyl (C=O) groups excluding carboxylic acids is 2. The summed E-state index contributed by atoms with van der Waals surface area (Å²) in [7, 11) is 0. The van der Waals surface area contributed by atoms with Crippen LogP contribution in [0.3, 0.4) is 0 Å². The van der Waals surface area contributed by atoms with Crippen molar-refractivity contribution in [3.63, 3.8) is 0 Å². The van der Waals surface area contributed by atoms with Crippen molar-refractivity contribution in [2.24, 2.45) is 0 Å². The smallest absolute Gasteiger partial charge is 0.350 e. The average molecular weight is 330 g/mol. The molecule has 21 heavy (non-hydrogen) atoms. The summed E-state index contributed by atoms with van der Waals surface area (Å²) in [6, 6.07) is 3.27. The van der Waals surface area contributed by atoms with E-state index in [-0.39, 0.29) is 5.57 Å². The molecule has 0 aromatic heterocycles. The van der Waals surface area contributed by atoms with Crippen LogP contribution in [-0.2, 0) is 19.1 Å². The van der Waals surface area contributed by atoms with Crippen molar-refractivity contribution in [2.75, 3.05) is 5.32 Å². The lowest BCUT2D eigenvalue weighted by Crippen LogP contribution is -2.42. The topological polar surface area (TPSA) is 64.6 Å². The third kappa shape index (κ3) is 3.49. The molecule has 5 nitrogen and oxygen atoms in total. The van der Waals surface area contributed by atoms with Gasteiger partial charge in [-0.1, -0.05) is 23.2 Å². The van der Waals surface area contributed by atoms with E-state index >= 15 is 0 Å². The molecule has 0 bridgehead atoms. The van der Waals surface area contributed by atoms with Gasteiger partial charge >= 0.3 is 11.9 Å². The summed E-state index contributed by atoms with van der Waals surface area (Å²) in [5.41, 5.74) is 1.08. The van der Waals surface area contributed by atoms with E-state index in [1.165, 1.54) is 20.0 Å². The highest BCUT2D eigenvalue weighted by Gasteiger charge is 2.38. The lowest BCUT2D eigenvalue weighted by Gasteiger charge is -2.29. The monoisotopic (exact) mass is 329 g/mol. The summed E-state index contributed by atoms with van der Waals surface area (Å²) in [6.45, 7) is 4.77. The number of anilines is 1. The molecule has 0 amide bonds. The highest BCUT2D eigenvalue weighted by molar-refractivity contribution is 6.36. The van der Waals surface area contributed by atoms with Gasteiger partial charge in [0.1, 0.15) is 0 Å². The van der Waals surface area contributed by atoms with Gasteiger partial charge in [-0.2, -0.15) is 0 Å². The van der Waals surface area contributed by atoms with E-state index in [0.717, 1.165) is 5.56 Å². The molecule has 1 heterocycles. The molecule has 0 aliphatic carbocycles. The highest BCUT2D eigenvalue weighted by atomic mass is 35.5. The first-order valence-corrected chi connectivity index (χ1v) is 6.84. The Balaban J connectivity index is 2.24. The number of ether oxygens (including phenoxy) is 2. The number of nitrogens with one attached hydrogen (secondary N) is 1. The van der Waals surface area contributed by atoms with Gasteiger partial charge in [0, 0.05) is 25.1 Å². The van der Waals surface area contributed by atoms with E-state index in [0.29, 0.717) is 15.7 Å². The van der Waals surface area contributed by atoms with Crippen LogP contribution in [0.25, 0.3) is 0 Å². The lowest BCUT2D eigenvalue weighted by atomic mass is 10.2. The second-order valence-electron chi connectivity index (χ2n) is 4.96. The lowest BCUT2D eigenvalue weighted by molar-refractivity contribution is -0.222. The van der Waals surface area contributed by atoms with Crippen molar-refractivity contribution in [3.05, 3.63) is 39.5 Å². The van der Waals surface area contributed by atoms with Crippen LogP contribution in [0.5, 0.6) is 0 Å². The van der Waals surface area contributed by atoms with Crippen molar-refractivity contribution < 1.29 is 19.1 Å². The zero-order valence-corrected chi connectivity index (χ0v) is 13.1. The number of halogens is 2. The molecule has 0 saturated carbocycles. The zero-order chi connectivity index (χ0) is 15.8. The molecule has 1 N–H and O–H groups in total. The zero-order valence-electron chi connectivity index (χ0n) is 11.6. The maximum absolute atomic E-state index is 11.8. The number of hydrogen-bond donors (Lipinski definition) is 1. The number of rotatable bonds is 2. The van der Waals surface area contributed by atoms with Crippen molar-refractivity contribution in [3.8, 4) is 0 Å². The van der Waals surface area contributed by atoms with Gasteiger partial charge in [-0.25, -0.2) is 9.59 Å². The Bertz CT molecular complexity index is 631. The normalized spacial score (nSPS) is 17.1. The first kappa shape index (κ1) is 15.7. The summed E-state index contributed by atoms with van der Waals surface area (Å²) in [6.07, 6.45) is 1.20. The molecule has 0 spiro atoms. The van der Waals surface area contributed by atoms with Gasteiger partial charge in [0.05, 0.1) is 10.7 Å². The number of cyclic esters (lactones) is 2. The fourth-order valence-corrected chi connectivity index (χ4v) is 2.13. The second kappa shape index (κ2) is 5.58. The quantitative estimate of drug-likeness (QED) is 0.511. The third-order valence-electron chi connectivity index (χ3n) is 2.74. The molecule has 1 aliphatic heterocycles. The van der Waals surface area contributed by atoms with Crippen LogP contribution in [0.15, 0.2) is 23.9 Å². The Morgan fingerprint density at radius 2 is 1.67 bits per heavy atom. The van der Waals surface area contributed by atoms with Gasteiger partial charge in [0.25, 0.3) is 5.79 Å². The Kier molecular flexibility index (Phi) is 4.16. The first-order valence-electron chi connectivity index (χ1n) is 6.08. The summed E-state index contributed by atoms with van der Waals surface area (Å²) in [5, 5.41) is 3.67. The predicted molar refractivity (Wildman–Crippen MR) is 79.2 cm³/mol. The molecule has 1 fully saturated rings. The fraction of sp³-hybridized carbons (Fsp3) is 0.286. The molecule has 1 aliphatic rings. The number of aryl methyl sites for hydroxylation is 1. The van der Waals surface area contributed by atoms with Crippen LogP contribution in [0, 0.1) is 6.92 Å². The summed E-state index contributed by atoms with van der Waals surface area (Å²) < 4.78 is 9.95. The van der Waals surface area contributed by atoms with E-state index in [9.17, 15) is 9.59 Å². The van der Waals surface area contributed by atoms with E-state index < -0.39 is 17.7 Å². The number of carbonyl (C=O) groups is 2. The Hall–Kier alpha value is -1.72. The van der Waals surface area contributed by atoms with Crippen LogP contribution >= 0.6 is 23.2 Å². The average Bonchev–Trinajstić information content (AvgIpc) is 2.32. The Morgan fingerprint density at radius 3 is 2.24 bits per heavy atom. The molecular weight excluding hydrogens is 317 g/mol. The summed E-state index contributed by atoms with van der Waals surface area (Å²) in [4.78, 5) is 23.5. The first-order chi connectivity index (χ1) is 9.69. The number of benzene rings is 1. The molecule has 1 saturated heterocycles. The molecule has 1 aromatic carbocycles. The summed E-state index contributed by atoms with van der Waals surface area (Å²) >= 11 is 12.0. The molecule has 7 heteroatoms. The van der Waals surface area contributed by atoms with E-state index in [4.69, 9.17) is 32.7 Å². The molecule has 112 valence electrons. The van der Waals surface area contributed by atoms with Crippen molar-refractivity contribution in [1.82, 2.24) is 0 Å². The second-order valence-corrected chi connectivity index (χ2v) is 5.78. The number of esters is 2. The Labute approximate surface area is 131 Å².